The van der Waals surface area contributed by atoms with Crippen molar-refractivity contribution in [2.75, 3.05) is 13.7 Å². The van der Waals surface area contributed by atoms with Gasteiger partial charge in [-0.05, 0) is 28.8 Å². The zero-order chi connectivity index (χ0) is 25.0. The highest BCUT2D eigenvalue weighted by atomic mass is 28.3. The van der Waals surface area contributed by atoms with Crippen LogP contribution in [0.3, 0.4) is 0 Å². The Morgan fingerprint density at radius 2 is 1.74 bits per heavy atom. The van der Waals surface area contributed by atoms with Crippen molar-refractivity contribution in [2.24, 2.45) is 5.92 Å². The average molecular weight is 489 g/mol. The molecule has 1 aliphatic rings. The molecular weight excluding hydrogens is 458 g/mol. The van der Waals surface area contributed by atoms with Gasteiger partial charge in [0.1, 0.15) is 17.7 Å². The van der Waals surface area contributed by atoms with E-state index in [0.717, 1.165) is 5.56 Å². The van der Waals surface area contributed by atoms with Crippen molar-refractivity contribution in [3.05, 3.63) is 64.7 Å². The molecule has 34 heavy (non-hydrogen) atoms. The van der Waals surface area contributed by atoms with Crippen LogP contribution in [0.2, 0.25) is 19.6 Å². The second-order valence-electron chi connectivity index (χ2n) is 9.65. The van der Waals surface area contributed by atoms with E-state index in [-0.39, 0.29) is 36.0 Å². The monoisotopic (exact) mass is 488 g/mol. The van der Waals surface area contributed by atoms with Crippen LogP contribution in [0.15, 0.2) is 36.4 Å². The standard InChI is InChI=1S/C25H30F2N2O4Si/c1-33-14-15-5-7-17(8-6-15)23(29-25(32)18-12-22(31)28-13-18)21(30)11-16-9-19(26)24(20(27)10-16)34(2,3)4/h5-10,18,23H,11-14H2,1-4H3,(H,28,31)(H,29,32)/t18-,23-/m1/s1. The van der Waals surface area contributed by atoms with Crippen LogP contribution in [0, 0.1) is 17.6 Å². The Morgan fingerprint density at radius 3 is 2.24 bits per heavy atom. The third-order valence-electron chi connectivity index (χ3n) is 5.81. The lowest BCUT2D eigenvalue weighted by Crippen LogP contribution is -2.42. The quantitative estimate of drug-likeness (QED) is 0.532. The fraction of sp³-hybridized carbons (Fsp3) is 0.400. The molecule has 9 heteroatoms. The summed E-state index contributed by atoms with van der Waals surface area (Å²) in [6.45, 7) is 6.14. The van der Waals surface area contributed by atoms with Gasteiger partial charge in [-0.1, -0.05) is 43.9 Å². The molecule has 3 rings (SSSR count). The minimum absolute atomic E-state index is 0.0497. The predicted octanol–water partition coefficient (Wildman–Crippen LogP) is 2.76. The van der Waals surface area contributed by atoms with Gasteiger partial charge in [0.05, 0.1) is 20.6 Å². The largest absolute Gasteiger partial charge is 0.380 e. The summed E-state index contributed by atoms with van der Waals surface area (Å²) in [5.74, 6) is -2.94. The molecule has 182 valence electrons. The van der Waals surface area contributed by atoms with E-state index in [1.807, 2.05) is 19.6 Å². The van der Waals surface area contributed by atoms with Gasteiger partial charge in [0, 0.05) is 31.7 Å². The average Bonchev–Trinajstić information content (AvgIpc) is 3.17. The van der Waals surface area contributed by atoms with Gasteiger partial charge in [-0.15, -0.1) is 0 Å². The zero-order valence-electron chi connectivity index (χ0n) is 19.8. The number of ketones is 1. The van der Waals surface area contributed by atoms with Crippen LogP contribution in [-0.4, -0.2) is 39.3 Å². The van der Waals surface area contributed by atoms with Crippen LogP contribution in [0.4, 0.5) is 8.78 Å². The molecule has 1 saturated heterocycles. The van der Waals surface area contributed by atoms with E-state index in [1.54, 1.807) is 31.4 Å². The molecule has 2 aromatic carbocycles. The summed E-state index contributed by atoms with van der Waals surface area (Å²) in [6.07, 6.45) is -0.208. The first-order chi connectivity index (χ1) is 16.0. The van der Waals surface area contributed by atoms with Crippen molar-refractivity contribution < 1.29 is 27.9 Å². The molecule has 0 spiro atoms. The van der Waals surface area contributed by atoms with Gasteiger partial charge >= 0.3 is 0 Å². The van der Waals surface area contributed by atoms with E-state index in [2.05, 4.69) is 10.6 Å². The molecule has 1 aliphatic heterocycles. The summed E-state index contributed by atoms with van der Waals surface area (Å²) >= 11 is 0. The Balaban J connectivity index is 1.87. The van der Waals surface area contributed by atoms with Crippen molar-refractivity contribution in [3.8, 4) is 0 Å². The van der Waals surface area contributed by atoms with Crippen LogP contribution in [0.25, 0.3) is 0 Å². The molecule has 0 bridgehead atoms. The molecule has 0 radical (unpaired) electrons. The first-order valence-corrected chi connectivity index (χ1v) is 14.7. The molecule has 0 saturated carbocycles. The van der Waals surface area contributed by atoms with Gasteiger partial charge in [-0.3, -0.25) is 14.4 Å². The van der Waals surface area contributed by atoms with Crippen LogP contribution < -0.4 is 15.8 Å². The molecule has 0 aromatic heterocycles. The first-order valence-electron chi connectivity index (χ1n) is 11.2. The predicted molar refractivity (Wildman–Crippen MR) is 127 cm³/mol. The molecular formula is C25H30F2N2O4Si. The number of hydrogen-bond donors (Lipinski definition) is 2. The number of Topliss-reactive ketones (excluding diaryl/α,β-unsaturated/α-hetero) is 1. The van der Waals surface area contributed by atoms with Crippen LogP contribution in [0.1, 0.15) is 29.2 Å². The molecule has 6 nitrogen and oxygen atoms in total. The second-order valence-corrected chi connectivity index (χ2v) is 14.6. The summed E-state index contributed by atoms with van der Waals surface area (Å²) in [4.78, 5) is 37.6. The lowest BCUT2D eigenvalue weighted by molar-refractivity contribution is -0.130. The Bertz CT molecular complexity index is 1060. The number of carbonyl (C=O) groups excluding carboxylic acids is 3. The van der Waals surface area contributed by atoms with Crippen LogP contribution in [0.5, 0.6) is 0 Å². The fourth-order valence-corrected chi connectivity index (χ4v) is 5.70. The topological polar surface area (TPSA) is 84.5 Å². The lowest BCUT2D eigenvalue weighted by Gasteiger charge is -2.22. The summed E-state index contributed by atoms with van der Waals surface area (Å²) in [5, 5.41) is 5.44. The maximum absolute atomic E-state index is 14.7. The minimum Gasteiger partial charge on any atom is -0.380 e. The van der Waals surface area contributed by atoms with Gasteiger partial charge < -0.3 is 15.4 Å². The summed E-state index contributed by atoms with van der Waals surface area (Å²) in [5.41, 5.74) is 1.63. The number of rotatable bonds is 9. The molecule has 1 heterocycles. The smallest absolute Gasteiger partial charge is 0.226 e. The van der Waals surface area contributed by atoms with Gasteiger partial charge in [0.15, 0.2) is 5.78 Å². The number of nitrogens with one attached hydrogen (secondary N) is 2. The number of ether oxygens (including phenoxy) is 1. The highest BCUT2D eigenvalue weighted by molar-refractivity contribution is 6.88. The number of halogens is 2. The number of hydrogen-bond acceptors (Lipinski definition) is 4. The van der Waals surface area contributed by atoms with Gasteiger partial charge in [-0.2, -0.15) is 0 Å². The number of methoxy groups -OCH3 is 1. The van der Waals surface area contributed by atoms with Crippen molar-refractivity contribution in [2.45, 2.75) is 45.1 Å². The molecule has 2 N–H and O–H groups in total. The summed E-state index contributed by atoms with van der Waals surface area (Å²) < 4.78 is 34.5. The second kappa shape index (κ2) is 10.6. The van der Waals surface area contributed by atoms with Gasteiger partial charge in [-0.25, -0.2) is 8.78 Å². The van der Waals surface area contributed by atoms with Crippen molar-refractivity contribution >= 4 is 30.9 Å². The van der Waals surface area contributed by atoms with Gasteiger partial charge in [0.2, 0.25) is 11.8 Å². The number of amides is 2. The Hall–Kier alpha value is -2.91. The number of carbonyl (C=O) groups is 3. The molecule has 0 unspecified atom stereocenters. The van der Waals surface area contributed by atoms with Crippen molar-refractivity contribution in [1.82, 2.24) is 10.6 Å². The minimum atomic E-state index is -2.25. The van der Waals surface area contributed by atoms with E-state index in [4.69, 9.17) is 4.74 Å². The molecule has 2 aromatic rings. The van der Waals surface area contributed by atoms with E-state index < -0.39 is 43.4 Å². The summed E-state index contributed by atoms with van der Waals surface area (Å²) in [7, 11) is -0.678. The maximum Gasteiger partial charge on any atom is 0.226 e. The molecule has 0 aliphatic carbocycles. The third kappa shape index (κ3) is 6.15. The number of benzene rings is 2. The van der Waals surface area contributed by atoms with E-state index in [9.17, 15) is 23.2 Å². The fourth-order valence-electron chi connectivity index (χ4n) is 4.12. The van der Waals surface area contributed by atoms with Crippen molar-refractivity contribution in [3.63, 3.8) is 0 Å². The van der Waals surface area contributed by atoms with Gasteiger partial charge in [0.25, 0.3) is 0 Å². The van der Waals surface area contributed by atoms with Crippen LogP contribution >= 0.6 is 0 Å². The van der Waals surface area contributed by atoms with Crippen LogP contribution in [-0.2, 0) is 32.1 Å². The summed E-state index contributed by atoms with van der Waals surface area (Å²) in [6, 6.07) is 8.38. The normalized spacial score (nSPS) is 16.8. The Morgan fingerprint density at radius 1 is 1.12 bits per heavy atom. The third-order valence-corrected chi connectivity index (χ3v) is 7.79. The zero-order valence-corrected chi connectivity index (χ0v) is 20.8. The SMILES string of the molecule is COCc1ccc([C@@H](NC(=O)[C@H]2CNC(=O)C2)C(=O)Cc2cc(F)c([Si](C)(C)C)c(F)c2)cc1. The van der Waals surface area contributed by atoms with E-state index in [0.29, 0.717) is 12.2 Å². The molecule has 2 amide bonds. The van der Waals surface area contributed by atoms with Crippen molar-refractivity contribution in [1.29, 1.82) is 0 Å². The van der Waals surface area contributed by atoms with E-state index >= 15 is 0 Å². The highest BCUT2D eigenvalue weighted by Crippen LogP contribution is 2.21. The molecule has 2 atom stereocenters. The van der Waals surface area contributed by atoms with E-state index in [1.165, 1.54) is 12.1 Å². The maximum atomic E-state index is 14.7. The lowest BCUT2D eigenvalue weighted by atomic mass is 9.95. The Kier molecular flexibility index (Phi) is 7.99. The molecule has 1 fully saturated rings. The Labute approximate surface area is 199 Å². The first kappa shape index (κ1) is 25.7. The highest BCUT2D eigenvalue weighted by Gasteiger charge is 2.32.